The van der Waals surface area contributed by atoms with Crippen molar-refractivity contribution < 1.29 is 4.74 Å². The molecule has 4 rings (SSSR count). The van der Waals surface area contributed by atoms with Gasteiger partial charge in [-0.25, -0.2) is 4.98 Å². The second-order valence-corrected chi connectivity index (χ2v) is 7.88. The third-order valence-corrected chi connectivity index (χ3v) is 6.10. The first-order chi connectivity index (χ1) is 12.8. The Balaban J connectivity index is 1.62. The highest BCUT2D eigenvalue weighted by Crippen LogP contribution is 2.31. The minimum absolute atomic E-state index is 0.737. The van der Waals surface area contributed by atoms with Crippen LogP contribution in [0.2, 0.25) is 0 Å². The van der Waals surface area contributed by atoms with Gasteiger partial charge in [-0.05, 0) is 55.5 Å². The minimum atomic E-state index is 0.737. The van der Waals surface area contributed by atoms with Crippen molar-refractivity contribution in [1.29, 1.82) is 5.41 Å². The largest absolute Gasteiger partial charge is 0.388 e. The van der Waals surface area contributed by atoms with Crippen LogP contribution in [-0.2, 0) is 11.2 Å². The van der Waals surface area contributed by atoms with E-state index >= 15 is 0 Å². The summed E-state index contributed by atoms with van der Waals surface area (Å²) in [6.07, 6.45) is 4.84. The molecule has 0 amide bonds. The maximum absolute atomic E-state index is 7.61. The highest BCUT2D eigenvalue weighted by Gasteiger charge is 2.16. The van der Waals surface area contributed by atoms with Crippen LogP contribution in [0.5, 0.6) is 0 Å². The SMILES string of the molecule is CNc1ccc(-c2ccc3cc(CC4CCOCC4)sc3n2)cc1C=N. The molecule has 0 aliphatic carbocycles. The smallest absolute Gasteiger partial charge is 0.124 e. The van der Waals surface area contributed by atoms with Crippen LogP contribution in [0.4, 0.5) is 5.69 Å². The van der Waals surface area contributed by atoms with Crippen molar-refractivity contribution in [1.82, 2.24) is 4.98 Å². The number of hydrogen-bond donors (Lipinski definition) is 2. The number of fused-ring (bicyclic) bond motifs is 1. The van der Waals surface area contributed by atoms with Gasteiger partial charge >= 0.3 is 0 Å². The Morgan fingerprint density at radius 2 is 2.08 bits per heavy atom. The molecule has 0 atom stereocenters. The molecule has 1 saturated heterocycles. The Labute approximate surface area is 157 Å². The summed E-state index contributed by atoms with van der Waals surface area (Å²) in [5.41, 5.74) is 3.84. The molecule has 0 unspecified atom stereocenters. The van der Waals surface area contributed by atoms with Gasteiger partial charge in [0.05, 0.1) is 5.69 Å². The zero-order chi connectivity index (χ0) is 17.9. The van der Waals surface area contributed by atoms with Crippen LogP contribution in [0, 0.1) is 11.3 Å². The molecule has 4 nitrogen and oxygen atoms in total. The maximum atomic E-state index is 7.61. The van der Waals surface area contributed by atoms with Gasteiger partial charge in [-0.15, -0.1) is 11.3 Å². The zero-order valence-electron chi connectivity index (χ0n) is 14.9. The Morgan fingerprint density at radius 3 is 2.85 bits per heavy atom. The van der Waals surface area contributed by atoms with E-state index in [-0.39, 0.29) is 0 Å². The Morgan fingerprint density at radius 1 is 1.23 bits per heavy atom. The van der Waals surface area contributed by atoms with Crippen LogP contribution in [0.3, 0.4) is 0 Å². The molecule has 5 heteroatoms. The molecule has 0 bridgehead atoms. The van der Waals surface area contributed by atoms with Crippen molar-refractivity contribution in [2.24, 2.45) is 5.92 Å². The van der Waals surface area contributed by atoms with Gasteiger partial charge in [0.25, 0.3) is 0 Å². The number of nitrogens with zero attached hydrogens (tertiary/aromatic N) is 1. The lowest BCUT2D eigenvalue weighted by atomic mass is 9.96. The molecule has 0 saturated carbocycles. The van der Waals surface area contributed by atoms with Crippen LogP contribution in [-0.4, -0.2) is 31.5 Å². The fourth-order valence-electron chi connectivity index (χ4n) is 3.54. The number of rotatable bonds is 5. The lowest BCUT2D eigenvalue weighted by molar-refractivity contribution is 0.0667. The van der Waals surface area contributed by atoms with E-state index in [4.69, 9.17) is 15.1 Å². The number of benzene rings is 1. The summed E-state index contributed by atoms with van der Waals surface area (Å²) in [5.74, 6) is 0.737. The average Bonchev–Trinajstić information content (AvgIpc) is 3.09. The molecule has 2 N–H and O–H groups in total. The fourth-order valence-corrected chi connectivity index (χ4v) is 4.68. The predicted molar refractivity (Wildman–Crippen MR) is 110 cm³/mol. The second-order valence-electron chi connectivity index (χ2n) is 6.76. The molecule has 26 heavy (non-hydrogen) atoms. The molecule has 0 spiro atoms. The van der Waals surface area contributed by atoms with Crippen molar-refractivity contribution >= 4 is 33.5 Å². The van der Waals surface area contributed by atoms with Gasteiger partial charge in [-0.1, -0.05) is 6.07 Å². The van der Waals surface area contributed by atoms with Crippen LogP contribution in [0.15, 0.2) is 36.4 Å². The minimum Gasteiger partial charge on any atom is -0.388 e. The number of nitrogens with one attached hydrogen (secondary N) is 2. The summed E-state index contributed by atoms with van der Waals surface area (Å²) in [5, 5.41) is 12.0. The summed E-state index contributed by atoms with van der Waals surface area (Å²) < 4.78 is 5.47. The number of ether oxygens (including phenoxy) is 1. The molecule has 3 heterocycles. The molecule has 1 aliphatic heterocycles. The number of pyridine rings is 1. The fraction of sp³-hybridized carbons (Fsp3) is 0.333. The van der Waals surface area contributed by atoms with Crippen LogP contribution in [0.25, 0.3) is 21.5 Å². The molecular formula is C21H23N3OS. The van der Waals surface area contributed by atoms with Crippen LogP contribution >= 0.6 is 11.3 Å². The number of hydrogen-bond acceptors (Lipinski definition) is 5. The summed E-state index contributed by atoms with van der Waals surface area (Å²) in [6, 6.07) is 12.6. The van der Waals surface area contributed by atoms with E-state index in [1.54, 1.807) is 0 Å². The predicted octanol–water partition coefficient (Wildman–Crippen LogP) is 4.97. The summed E-state index contributed by atoms with van der Waals surface area (Å²) >= 11 is 1.81. The Bertz CT molecular complexity index is 928. The maximum Gasteiger partial charge on any atom is 0.124 e. The van der Waals surface area contributed by atoms with Gasteiger partial charge in [0.15, 0.2) is 0 Å². The highest BCUT2D eigenvalue weighted by molar-refractivity contribution is 7.18. The quantitative estimate of drug-likeness (QED) is 0.628. The summed E-state index contributed by atoms with van der Waals surface area (Å²) in [6.45, 7) is 1.80. The number of thiophene rings is 1. The van der Waals surface area contributed by atoms with Crippen LogP contribution in [0.1, 0.15) is 23.3 Å². The van der Waals surface area contributed by atoms with Gasteiger partial charge in [0, 0.05) is 53.6 Å². The zero-order valence-corrected chi connectivity index (χ0v) is 15.7. The molecule has 1 aliphatic rings. The van der Waals surface area contributed by atoms with Gasteiger partial charge in [-0.3, -0.25) is 0 Å². The molecular weight excluding hydrogens is 342 g/mol. The van der Waals surface area contributed by atoms with E-state index in [1.807, 2.05) is 30.5 Å². The van der Waals surface area contributed by atoms with E-state index in [1.165, 1.54) is 16.5 Å². The molecule has 134 valence electrons. The monoisotopic (exact) mass is 365 g/mol. The molecule has 0 radical (unpaired) electrons. The second kappa shape index (κ2) is 7.56. The number of anilines is 1. The molecule has 2 aromatic heterocycles. The van der Waals surface area contributed by atoms with Crippen molar-refractivity contribution in [2.45, 2.75) is 19.3 Å². The van der Waals surface area contributed by atoms with E-state index in [0.717, 1.165) is 65.7 Å². The third-order valence-electron chi connectivity index (χ3n) is 5.04. The highest BCUT2D eigenvalue weighted by atomic mass is 32.1. The Hall–Kier alpha value is -2.24. The summed E-state index contributed by atoms with van der Waals surface area (Å²) in [7, 11) is 1.87. The van der Waals surface area contributed by atoms with Crippen molar-refractivity contribution in [3.05, 3.63) is 46.8 Å². The standard InChI is InChI=1S/C21H23N3OS/c1-23-19-4-2-15(11-17(19)13-22)20-5-3-16-12-18(26-21(16)24-20)10-14-6-8-25-9-7-14/h2-5,11-14,22-23H,6-10H2,1H3. The topological polar surface area (TPSA) is 58.0 Å². The van der Waals surface area contributed by atoms with E-state index in [2.05, 4.69) is 29.6 Å². The van der Waals surface area contributed by atoms with E-state index < -0.39 is 0 Å². The first kappa shape index (κ1) is 17.2. The van der Waals surface area contributed by atoms with Crippen molar-refractivity contribution in [3.8, 4) is 11.3 Å². The van der Waals surface area contributed by atoms with E-state index in [0.29, 0.717) is 0 Å². The molecule has 1 aromatic carbocycles. The Kier molecular flexibility index (Phi) is 5.00. The number of aromatic nitrogens is 1. The summed E-state index contributed by atoms with van der Waals surface area (Å²) in [4.78, 5) is 7.40. The average molecular weight is 366 g/mol. The third kappa shape index (κ3) is 3.50. The molecule has 1 fully saturated rings. The van der Waals surface area contributed by atoms with Crippen LogP contribution < -0.4 is 5.32 Å². The van der Waals surface area contributed by atoms with Gasteiger partial charge < -0.3 is 15.5 Å². The normalized spacial score (nSPS) is 15.3. The van der Waals surface area contributed by atoms with E-state index in [9.17, 15) is 0 Å². The lowest BCUT2D eigenvalue weighted by Crippen LogP contribution is -2.17. The van der Waals surface area contributed by atoms with Crippen molar-refractivity contribution in [3.63, 3.8) is 0 Å². The van der Waals surface area contributed by atoms with Gasteiger partial charge in [0.2, 0.25) is 0 Å². The first-order valence-electron chi connectivity index (χ1n) is 9.06. The van der Waals surface area contributed by atoms with Gasteiger partial charge in [0.1, 0.15) is 4.83 Å². The van der Waals surface area contributed by atoms with Gasteiger partial charge in [-0.2, -0.15) is 0 Å². The molecule has 3 aromatic rings. The van der Waals surface area contributed by atoms with Crippen molar-refractivity contribution in [2.75, 3.05) is 25.6 Å². The lowest BCUT2D eigenvalue weighted by Gasteiger charge is -2.21. The first-order valence-corrected chi connectivity index (χ1v) is 9.88.